The van der Waals surface area contributed by atoms with Gasteiger partial charge in [-0.3, -0.25) is 14.5 Å². The largest absolute Gasteiger partial charge is 0.342 e. The normalized spacial score (nSPS) is 21.4. The van der Waals surface area contributed by atoms with Gasteiger partial charge in [-0.15, -0.1) is 0 Å². The maximum absolute atomic E-state index is 12.3. The van der Waals surface area contributed by atoms with Gasteiger partial charge in [-0.05, 0) is 18.9 Å². The van der Waals surface area contributed by atoms with Crippen molar-refractivity contribution < 1.29 is 9.59 Å². The van der Waals surface area contributed by atoms with E-state index in [2.05, 4.69) is 11.5 Å². The van der Waals surface area contributed by atoms with Crippen LogP contribution in [0.15, 0.2) is 12.7 Å². The number of hydrogen-bond donors (Lipinski definition) is 0. The van der Waals surface area contributed by atoms with Crippen molar-refractivity contribution in [2.45, 2.75) is 25.7 Å². The van der Waals surface area contributed by atoms with Crippen LogP contribution in [0.4, 0.5) is 0 Å². The van der Waals surface area contributed by atoms with Crippen LogP contribution in [-0.2, 0) is 9.59 Å². The second kappa shape index (κ2) is 7.43. The molecule has 0 unspecified atom stereocenters. The Kier molecular flexibility index (Phi) is 5.59. The number of rotatable bonds is 3. The summed E-state index contributed by atoms with van der Waals surface area (Å²) in [5, 5.41) is 0. The fraction of sp³-hybridized carbons (Fsp3) is 0.733. The Labute approximate surface area is 121 Å². The van der Waals surface area contributed by atoms with E-state index in [0.717, 1.165) is 39.0 Å². The summed E-state index contributed by atoms with van der Waals surface area (Å²) in [5.74, 6) is 0.235. The number of nitrogens with zero attached hydrogens (tertiary/aromatic N) is 3. The first-order chi connectivity index (χ1) is 9.70. The topological polar surface area (TPSA) is 43.9 Å². The summed E-state index contributed by atoms with van der Waals surface area (Å²) in [4.78, 5) is 29.7. The Balaban J connectivity index is 1.75. The third-order valence-corrected chi connectivity index (χ3v) is 4.18. The zero-order chi connectivity index (χ0) is 14.4. The van der Waals surface area contributed by atoms with E-state index >= 15 is 0 Å². The molecule has 0 bridgehead atoms. The van der Waals surface area contributed by atoms with Crippen LogP contribution in [0.2, 0.25) is 0 Å². The van der Waals surface area contributed by atoms with Gasteiger partial charge in [0.05, 0.1) is 6.54 Å². The molecule has 0 saturated carbocycles. The standard InChI is InChI=1S/C15H25N3O2/c1-2-14(19)18-11-9-16(10-12-18)13-15(20)17-7-5-3-4-6-8-17/h2H,1,3-13H2. The van der Waals surface area contributed by atoms with Gasteiger partial charge in [-0.2, -0.15) is 0 Å². The SMILES string of the molecule is C=CC(=O)N1CCN(CC(=O)N2CCCCCC2)CC1. The average Bonchev–Trinajstić information content (AvgIpc) is 2.76. The van der Waals surface area contributed by atoms with Crippen LogP contribution in [-0.4, -0.2) is 72.3 Å². The predicted octanol–water partition coefficient (Wildman–Crippen LogP) is 0.719. The average molecular weight is 279 g/mol. The Hall–Kier alpha value is -1.36. The molecule has 0 aromatic carbocycles. The first-order valence-corrected chi connectivity index (χ1v) is 7.62. The monoisotopic (exact) mass is 279 g/mol. The summed E-state index contributed by atoms with van der Waals surface area (Å²) in [5.41, 5.74) is 0. The zero-order valence-corrected chi connectivity index (χ0v) is 12.2. The summed E-state index contributed by atoms with van der Waals surface area (Å²) in [6.07, 6.45) is 6.11. The van der Waals surface area contributed by atoms with Crippen molar-refractivity contribution in [3.63, 3.8) is 0 Å². The van der Waals surface area contributed by atoms with Gasteiger partial charge in [-0.25, -0.2) is 0 Å². The van der Waals surface area contributed by atoms with Crippen molar-refractivity contribution >= 4 is 11.8 Å². The summed E-state index contributed by atoms with van der Waals surface area (Å²) in [6, 6.07) is 0. The van der Waals surface area contributed by atoms with E-state index in [1.54, 1.807) is 4.90 Å². The highest BCUT2D eigenvalue weighted by Crippen LogP contribution is 2.11. The minimum absolute atomic E-state index is 0.0107. The lowest BCUT2D eigenvalue weighted by molar-refractivity contribution is -0.133. The van der Waals surface area contributed by atoms with Gasteiger partial charge in [-0.1, -0.05) is 19.4 Å². The lowest BCUT2D eigenvalue weighted by Gasteiger charge is -2.34. The number of likely N-dealkylation sites (tertiary alicyclic amines) is 1. The Morgan fingerprint density at radius 3 is 2.00 bits per heavy atom. The summed E-state index contributed by atoms with van der Waals surface area (Å²) < 4.78 is 0. The fourth-order valence-electron chi connectivity index (χ4n) is 2.87. The molecule has 2 fully saturated rings. The lowest BCUT2D eigenvalue weighted by atomic mass is 10.2. The van der Waals surface area contributed by atoms with E-state index in [-0.39, 0.29) is 11.8 Å². The Morgan fingerprint density at radius 1 is 0.850 bits per heavy atom. The molecule has 2 rings (SSSR count). The molecule has 2 aliphatic rings. The maximum atomic E-state index is 12.3. The molecule has 5 nitrogen and oxygen atoms in total. The first kappa shape index (κ1) is 15.0. The van der Waals surface area contributed by atoms with E-state index in [1.807, 2.05) is 4.90 Å². The van der Waals surface area contributed by atoms with Crippen molar-refractivity contribution in [3.05, 3.63) is 12.7 Å². The molecule has 0 aliphatic carbocycles. The van der Waals surface area contributed by atoms with Crippen molar-refractivity contribution in [2.75, 3.05) is 45.8 Å². The van der Waals surface area contributed by atoms with Crippen LogP contribution >= 0.6 is 0 Å². The molecular weight excluding hydrogens is 254 g/mol. The molecule has 0 radical (unpaired) electrons. The van der Waals surface area contributed by atoms with E-state index in [0.29, 0.717) is 19.6 Å². The van der Waals surface area contributed by atoms with Crippen LogP contribution in [0.3, 0.4) is 0 Å². The van der Waals surface area contributed by atoms with Gasteiger partial charge in [0.15, 0.2) is 0 Å². The summed E-state index contributed by atoms with van der Waals surface area (Å²) in [6.45, 7) is 8.76. The van der Waals surface area contributed by atoms with E-state index in [9.17, 15) is 9.59 Å². The molecule has 2 aliphatic heterocycles. The number of amides is 2. The molecule has 2 amide bonds. The third kappa shape index (κ3) is 4.07. The van der Waals surface area contributed by atoms with Crippen molar-refractivity contribution in [2.24, 2.45) is 0 Å². The van der Waals surface area contributed by atoms with Crippen molar-refractivity contribution in [1.82, 2.24) is 14.7 Å². The number of carbonyl (C=O) groups is 2. The Bertz CT molecular complexity index is 354. The van der Waals surface area contributed by atoms with Crippen molar-refractivity contribution in [3.8, 4) is 0 Å². The smallest absolute Gasteiger partial charge is 0.246 e. The van der Waals surface area contributed by atoms with Crippen LogP contribution in [0.1, 0.15) is 25.7 Å². The number of hydrogen-bond acceptors (Lipinski definition) is 3. The molecule has 2 heterocycles. The van der Waals surface area contributed by atoms with E-state index < -0.39 is 0 Å². The quantitative estimate of drug-likeness (QED) is 0.715. The highest BCUT2D eigenvalue weighted by Gasteiger charge is 2.23. The minimum atomic E-state index is -0.0107. The molecule has 0 spiro atoms. The van der Waals surface area contributed by atoms with Gasteiger partial charge in [0.2, 0.25) is 11.8 Å². The highest BCUT2D eigenvalue weighted by molar-refractivity contribution is 5.87. The summed E-state index contributed by atoms with van der Waals surface area (Å²) >= 11 is 0. The van der Waals surface area contributed by atoms with Crippen LogP contribution in [0.25, 0.3) is 0 Å². The zero-order valence-electron chi connectivity index (χ0n) is 12.2. The van der Waals surface area contributed by atoms with Crippen LogP contribution in [0.5, 0.6) is 0 Å². The number of piperazine rings is 1. The van der Waals surface area contributed by atoms with Crippen LogP contribution < -0.4 is 0 Å². The second-order valence-corrected chi connectivity index (χ2v) is 5.60. The molecule has 0 N–H and O–H groups in total. The second-order valence-electron chi connectivity index (χ2n) is 5.60. The lowest BCUT2D eigenvalue weighted by Crippen LogP contribution is -2.51. The molecule has 2 saturated heterocycles. The molecule has 0 aromatic rings. The number of carbonyl (C=O) groups excluding carboxylic acids is 2. The van der Waals surface area contributed by atoms with Crippen LogP contribution in [0, 0.1) is 0 Å². The predicted molar refractivity (Wildman–Crippen MR) is 78.3 cm³/mol. The van der Waals surface area contributed by atoms with Gasteiger partial charge in [0.1, 0.15) is 0 Å². The van der Waals surface area contributed by atoms with Gasteiger partial charge in [0.25, 0.3) is 0 Å². The molecule has 0 atom stereocenters. The van der Waals surface area contributed by atoms with Gasteiger partial charge >= 0.3 is 0 Å². The Morgan fingerprint density at radius 2 is 1.45 bits per heavy atom. The fourth-order valence-corrected chi connectivity index (χ4v) is 2.87. The van der Waals surface area contributed by atoms with E-state index in [4.69, 9.17) is 0 Å². The third-order valence-electron chi connectivity index (χ3n) is 4.18. The molecule has 5 heteroatoms. The molecule has 20 heavy (non-hydrogen) atoms. The van der Waals surface area contributed by atoms with Crippen molar-refractivity contribution in [1.29, 1.82) is 0 Å². The maximum Gasteiger partial charge on any atom is 0.246 e. The minimum Gasteiger partial charge on any atom is -0.342 e. The molecule has 112 valence electrons. The molecule has 0 aromatic heterocycles. The van der Waals surface area contributed by atoms with Gasteiger partial charge < -0.3 is 9.80 Å². The summed E-state index contributed by atoms with van der Waals surface area (Å²) in [7, 11) is 0. The highest BCUT2D eigenvalue weighted by atomic mass is 16.2. The first-order valence-electron chi connectivity index (χ1n) is 7.62. The van der Waals surface area contributed by atoms with Gasteiger partial charge in [0, 0.05) is 39.3 Å². The van der Waals surface area contributed by atoms with E-state index in [1.165, 1.54) is 18.9 Å². The molecular formula is C15H25N3O2.